The van der Waals surface area contributed by atoms with Crippen molar-refractivity contribution in [3.8, 4) is 5.75 Å². The Labute approximate surface area is 154 Å². The number of hydrogen-bond donors (Lipinski definition) is 1. The van der Waals surface area contributed by atoms with E-state index < -0.39 is 0 Å². The Morgan fingerprint density at radius 2 is 1.96 bits per heavy atom. The van der Waals surface area contributed by atoms with Crippen molar-refractivity contribution in [2.75, 3.05) is 0 Å². The highest BCUT2D eigenvalue weighted by Crippen LogP contribution is 2.32. The zero-order valence-electron chi connectivity index (χ0n) is 13.0. The van der Waals surface area contributed by atoms with Crippen LogP contribution in [0.25, 0.3) is 0 Å². The lowest BCUT2D eigenvalue weighted by Crippen LogP contribution is -2.23. The van der Waals surface area contributed by atoms with Crippen LogP contribution in [0.4, 0.5) is 0 Å². The molecule has 0 atom stereocenters. The summed E-state index contributed by atoms with van der Waals surface area (Å²) >= 11 is 12.1. The first kappa shape index (κ1) is 17.3. The molecule has 3 aromatic rings. The standard InChI is InChI=1S/C17H14Cl2N4O2/c18-13-4-1-5-14(19)16(13)25-11-23-8-6-15(22-23)17(24)21-10-12-3-2-7-20-9-12/h1-9H,10-11H2,(H,21,24). The molecule has 6 nitrogen and oxygen atoms in total. The zero-order chi connectivity index (χ0) is 17.6. The molecule has 1 aromatic carbocycles. The van der Waals surface area contributed by atoms with Gasteiger partial charge in [-0.25, -0.2) is 4.68 Å². The number of halogens is 2. The quantitative estimate of drug-likeness (QED) is 0.713. The number of hydrogen-bond acceptors (Lipinski definition) is 4. The normalized spacial score (nSPS) is 10.5. The van der Waals surface area contributed by atoms with Gasteiger partial charge in [-0.05, 0) is 29.8 Å². The first-order valence-electron chi connectivity index (χ1n) is 7.41. The summed E-state index contributed by atoms with van der Waals surface area (Å²) in [6, 6.07) is 10.4. The van der Waals surface area contributed by atoms with Gasteiger partial charge in [0.05, 0.1) is 10.0 Å². The summed E-state index contributed by atoms with van der Waals surface area (Å²) in [5.74, 6) is 0.0993. The van der Waals surface area contributed by atoms with Crippen molar-refractivity contribution in [2.24, 2.45) is 0 Å². The fraction of sp³-hybridized carbons (Fsp3) is 0.118. The Kier molecular flexibility index (Phi) is 5.53. The van der Waals surface area contributed by atoms with Crippen LogP contribution in [0, 0.1) is 0 Å². The third-order valence-electron chi connectivity index (χ3n) is 3.31. The number of carbonyl (C=O) groups is 1. The van der Waals surface area contributed by atoms with Gasteiger partial charge in [0, 0.05) is 25.1 Å². The molecule has 0 bridgehead atoms. The van der Waals surface area contributed by atoms with Crippen LogP contribution >= 0.6 is 23.2 Å². The monoisotopic (exact) mass is 376 g/mol. The highest BCUT2D eigenvalue weighted by Gasteiger charge is 2.11. The van der Waals surface area contributed by atoms with Crippen LogP contribution in [0.3, 0.4) is 0 Å². The van der Waals surface area contributed by atoms with E-state index in [0.717, 1.165) is 5.56 Å². The predicted octanol–water partition coefficient (Wildman–Crippen LogP) is 3.55. The van der Waals surface area contributed by atoms with Crippen LogP contribution in [0.15, 0.2) is 55.0 Å². The fourth-order valence-corrected chi connectivity index (χ4v) is 2.59. The minimum Gasteiger partial charge on any atom is -0.468 e. The van der Waals surface area contributed by atoms with Crippen molar-refractivity contribution >= 4 is 29.1 Å². The maximum Gasteiger partial charge on any atom is 0.272 e. The summed E-state index contributed by atoms with van der Waals surface area (Å²) in [4.78, 5) is 16.1. The van der Waals surface area contributed by atoms with E-state index in [0.29, 0.717) is 22.3 Å². The molecule has 2 heterocycles. The van der Waals surface area contributed by atoms with Gasteiger partial charge in [0.25, 0.3) is 5.91 Å². The average molecular weight is 377 g/mol. The van der Waals surface area contributed by atoms with E-state index in [2.05, 4.69) is 15.4 Å². The second kappa shape index (κ2) is 8.00. The highest BCUT2D eigenvalue weighted by atomic mass is 35.5. The molecule has 0 saturated heterocycles. The molecule has 128 valence electrons. The highest BCUT2D eigenvalue weighted by molar-refractivity contribution is 6.37. The molecule has 0 fully saturated rings. The maximum absolute atomic E-state index is 12.1. The van der Waals surface area contributed by atoms with Crippen molar-refractivity contribution in [3.63, 3.8) is 0 Å². The molecule has 0 aliphatic carbocycles. The molecule has 3 rings (SSSR count). The second-order valence-corrected chi connectivity index (χ2v) is 5.92. The summed E-state index contributed by atoms with van der Waals surface area (Å²) < 4.78 is 7.06. The smallest absolute Gasteiger partial charge is 0.272 e. The fourth-order valence-electron chi connectivity index (χ4n) is 2.08. The molecule has 8 heteroatoms. The van der Waals surface area contributed by atoms with E-state index in [1.165, 1.54) is 4.68 Å². The molecule has 0 spiro atoms. The van der Waals surface area contributed by atoms with Crippen LogP contribution in [0.5, 0.6) is 5.75 Å². The van der Waals surface area contributed by atoms with Gasteiger partial charge in [-0.15, -0.1) is 0 Å². The summed E-state index contributed by atoms with van der Waals surface area (Å²) in [7, 11) is 0. The molecule has 0 aliphatic rings. The van der Waals surface area contributed by atoms with E-state index in [9.17, 15) is 4.79 Å². The molecule has 0 saturated carbocycles. The first-order chi connectivity index (χ1) is 12.1. The van der Waals surface area contributed by atoms with E-state index in [-0.39, 0.29) is 18.3 Å². The summed E-state index contributed by atoms with van der Waals surface area (Å²) in [5, 5.41) is 7.78. The number of rotatable bonds is 6. The largest absolute Gasteiger partial charge is 0.468 e. The van der Waals surface area contributed by atoms with Crippen LogP contribution in [-0.4, -0.2) is 20.7 Å². The van der Waals surface area contributed by atoms with Gasteiger partial charge in [-0.1, -0.05) is 35.3 Å². The molecule has 1 N–H and O–H groups in total. The average Bonchev–Trinajstić information content (AvgIpc) is 3.09. The van der Waals surface area contributed by atoms with Gasteiger partial charge in [0.1, 0.15) is 5.69 Å². The third kappa shape index (κ3) is 4.49. The number of nitrogens with zero attached hydrogens (tertiary/aromatic N) is 3. The molecule has 1 amide bonds. The molecule has 0 aliphatic heterocycles. The van der Waals surface area contributed by atoms with Gasteiger partial charge < -0.3 is 10.1 Å². The van der Waals surface area contributed by atoms with E-state index in [1.807, 2.05) is 12.1 Å². The number of ether oxygens (including phenoxy) is 1. The van der Waals surface area contributed by atoms with Gasteiger partial charge in [0.2, 0.25) is 0 Å². The predicted molar refractivity (Wildman–Crippen MR) is 94.7 cm³/mol. The van der Waals surface area contributed by atoms with Crippen molar-refractivity contribution in [2.45, 2.75) is 13.3 Å². The van der Waals surface area contributed by atoms with Crippen LogP contribution in [0.1, 0.15) is 16.1 Å². The number of nitrogens with one attached hydrogen (secondary N) is 1. The molecule has 0 radical (unpaired) electrons. The Hall–Kier alpha value is -2.57. The number of amides is 1. The Bertz CT molecular complexity index is 848. The Balaban J connectivity index is 1.57. The van der Waals surface area contributed by atoms with E-state index in [1.54, 1.807) is 42.9 Å². The maximum atomic E-state index is 12.1. The summed E-state index contributed by atoms with van der Waals surface area (Å²) in [5.41, 5.74) is 1.20. The van der Waals surface area contributed by atoms with Gasteiger partial charge in [-0.2, -0.15) is 5.10 Å². The minimum atomic E-state index is -0.279. The molecule has 0 unspecified atom stereocenters. The first-order valence-corrected chi connectivity index (χ1v) is 8.16. The van der Waals surface area contributed by atoms with E-state index >= 15 is 0 Å². The van der Waals surface area contributed by atoms with Crippen molar-refractivity contribution in [1.82, 2.24) is 20.1 Å². The molecular formula is C17H14Cl2N4O2. The topological polar surface area (TPSA) is 69.0 Å². The molecular weight excluding hydrogens is 363 g/mol. The van der Waals surface area contributed by atoms with Crippen LogP contribution in [0.2, 0.25) is 10.0 Å². The second-order valence-electron chi connectivity index (χ2n) is 5.11. The van der Waals surface area contributed by atoms with Crippen molar-refractivity contribution in [3.05, 3.63) is 76.3 Å². The Morgan fingerprint density at radius 3 is 2.68 bits per heavy atom. The van der Waals surface area contributed by atoms with Crippen LogP contribution < -0.4 is 10.1 Å². The van der Waals surface area contributed by atoms with Crippen LogP contribution in [-0.2, 0) is 13.3 Å². The number of pyridine rings is 1. The van der Waals surface area contributed by atoms with Gasteiger partial charge in [-0.3, -0.25) is 9.78 Å². The lowest BCUT2D eigenvalue weighted by molar-refractivity contribution is 0.0944. The number of carbonyl (C=O) groups excluding carboxylic acids is 1. The SMILES string of the molecule is O=C(NCc1cccnc1)c1ccn(COc2c(Cl)cccc2Cl)n1. The number of para-hydroxylation sites is 1. The third-order valence-corrected chi connectivity index (χ3v) is 3.90. The Morgan fingerprint density at radius 1 is 1.16 bits per heavy atom. The minimum absolute atomic E-state index is 0.0827. The summed E-state index contributed by atoms with van der Waals surface area (Å²) in [6.07, 6.45) is 5.02. The lowest BCUT2D eigenvalue weighted by Gasteiger charge is -2.09. The molecule has 25 heavy (non-hydrogen) atoms. The van der Waals surface area contributed by atoms with Gasteiger partial charge in [0.15, 0.2) is 12.5 Å². The summed E-state index contributed by atoms with van der Waals surface area (Å²) in [6.45, 7) is 0.463. The van der Waals surface area contributed by atoms with Crippen molar-refractivity contribution < 1.29 is 9.53 Å². The zero-order valence-corrected chi connectivity index (χ0v) is 14.5. The number of benzene rings is 1. The van der Waals surface area contributed by atoms with Gasteiger partial charge >= 0.3 is 0 Å². The molecule has 2 aromatic heterocycles. The lowest BCUT2D eigenvalue weighted by atomic mass is 10.3. The van der Waals surface area contributed by atoms with Crippen molar-refractivity contribution in [1.29, 1.82) is 0 Å². The number of aromatic nitrogens is 3. The van der Waals surface area contributed by atoms with E-state index in [4.69, 9.17) is 27.9 Å².